The number of nitrogens with one attached hydrogen (secondary N) is 1. The fourth-order valence-electron chi connectivity index (χ4n) is 2.93. The van der Waals surface area contributed by atoms with E-state index in [0.717, 1.165) is 22.8 Å². The number of aryl methyl sites for hydroxylation is 1. The molecule has 0 radical (unpaired) electrons. The minimum atomic E-state index is -4.20. The Hall–Kier alpha value is -3.79. The molecule has 0 aliphatic carbocycles. The number of para-hydroxylation sites is 1. The molecule has 0 atom stereocenters. The molecule has 10 heteroatoms. The van der Waals surface area contributed by atoms with Gasteiger partial charge < -0.3 is 4.57 Å². The molecule has 0 aliphatic rings. The van der Waals surface area contributed by atoms with E-state index >= 15 is 0 Å². The van der Waals surface area contributed by atoms with Gasteiger partial charge in [0.2, 0.25) is 0 Å². The molecule has 4 rings (SSSR count). The molecule has 0 aliphatic heterocycles. The van der Waals surface area contributed by atoms with Crippen molar-refractivity contribution in [3.8, 4) is 11.4 Å². The highest BCUT2D eigenvalue weighted by atomic mass is 32.2. The highest BCUT2D eigenvalue weighted by molar-refractivity contribution is 7.90. The van der Waals surface area contributed by atoms with Crippen LogP contribution in [0, 0.1) is 12.7 Å². The van der Waals surface area contributed by atoms with Crippen molar-refractivity contribution in [2.75, 3.05) is 0 Å². The van der Waals surface area contributed by atoms with Crippen molar-refractivity contribution in [2.24, 2.45) is 0 Å². The van der Waals surface area contributed by atoms with Crippen LogP contribution >= 0.6 is 0 Å². The van der Waals surface area contributed by atoms with E-state index in [0.29, 0.717) is 5.56 Å². The molecular formula is C20H16FN5O3S. The molecule has 0 spiro atoms. The zero-order valence-electron chi connectivity index (χ0n) is 15.7. The summed E-state index contributed by atoms with van der Waals surface area (Å²) in [6.45, 7) is 1.71. The Morgan fingerprint density at radius 1 is 1.17 bits per heavy atom. The molecule has 0 saturated heterocycles. The number of nitrogens with zero attached hydrogens (tertiary/aromatic N) is 4. The van der Waals surface area contributed by atoms with Gasteiger partial charge in [0.15, 0.2) is 0 Å². The molecular weight excluding hydrogens is 409 g/mol. The number of carbonyl (C=O) groups is 1. The van der Waals surface area contributed by atoms with Crippen LogP contribution in [0.4, 0.5) is 4.39 Å². The first-order chi connectivity index (χ1) is 14.3. The monoisotopic (exact) mass is 425 g/mol. The minimum absolute atomic E-state index is 0.0937. The fourth-order valence-corrected chi connectivity index (χ4v) is 3.82. The van der Waals surface area contributed by atoms with Crippen LogP contribution in [0.5, 0.6) is 0 Å². The largest absolute Gasteiger partial charge is 0.306 e. The lowest BCUT2D eigenvalue weighted by molar-refractivity contribution is 0.0981. The molecule has 8 nitrogen and oxygen atoms in total. The second-order valence-corrected chi connectivity index (χ2v) is 8.16. The third kappa shape index (κ3) is 3.72. The zero-order valence-corrected chi connectivity index (χ0v) is 16.5. The summed E-state index contributed by atoms with van der Waals surface area (Å²) in [5, 5.41) is 3.89. The summed E-state index contributed by atoms with van der Waals surface area (Å²) >= 11 is 0. The van der Waals surface area contributed by atoms with Crippen molar-refractivity contribution in [1.82, 2.24) is 24.1 Å². The van der Waals surface area contributed by atoms with Gasteiger partial charge in [-0.15, -0.1) is 0 Å². The van der Waals surface area contributed by atoms with Gasteiger partial charge >= 0.3 is 0 Å². The Labute approximate surface area is 171 Å². The van der Waals surface area contributed by atoms with E-state index < -0.39 is 21.7 Å². The molecule has 0 saturated carbocycles. The molecule has 2 heterocycles. The summed E-state index contributed by atoms with van der Waals surface area (Å²) in [6, 6.07) is 10.8. The summed E-state index contributed by atoms with van der Waals surface area (Å²) < 4.78 is 44.0. The maximum Gasteiger partial charge on any atom is 0.267 e. The predicted octanol–water partition coefficient (Wildman–Crippen LogP) is 2.62. The smallest absolute Gasteiger partial charge is 0.267 e. The lowest BCUT2D eigenvalue weighted by Gasteiger charge is -2.10. The molecule has 0 fully saturated rings. The third-order valence-electron chi connectivity index (χ3n) is 4.45. The van der Waals surface area contributed by atoms with E-state index in [1.165, 1.54) is 24.3 Å². The van der Waals surface area contributed by atoms with E-state index in [-0.39, 0.29) is 16.1 Å². The second-order valence-electron chi connectivity index (χ2n) is 6.48. The number of imidazole rings is 1. The van der Waals surface area contributed by atoms with Gasteiger partial charge in [-0.3, -0.25) is 4.79 Å². The van der Waals surface area contributed by atoms with Crippen LogP contribution in [0.3, 0.4) is 0 Å². The van der Waals surface area contributed by atoms with Crippen LogP contribution in [0.25, 0.3) is 11.4 Å². The Morgan fingerprint density at radius 2 is 1.97 bits per heavy atom. The summed E-state index contributed by atoms with van der Waals surface area (Å²) in [5.41, 5.74) is 1.69. The Balaban J connectivity index is 1.57. The van der Waals surface area contributed by atoms with Crippen molar-refractivity contribution >= 4 is 15.9 Å². The average molecular weight is 425 g/mol. The summed E-state index contributed by atoms with van der Waals surface area (Å²) in [6.07, 6.45) is 7.20. The van der Waals surface area contributed by atoms with Crippen LogP contribution in [-0.4, -0.2) is 33.7 Å². The summed E-state index contributed by atoms with van der Waals surface area (Å²) in [5.74, 6) is -1.33. The number of aromatic nitrogens is 4. The van der Waals surface area contributed by atoms with Gasteiger partial charge in [0.25, 0.3) is 15.9 Å². The van der Waals surface area contributed by atoms with E-state index in [2.05, 4.69) is 10.1 Å². The molecule has 30 heavy (non-hydrogen) atoms. The summed E-state index contributed by atoms with van der Waals surface area (Å²) in [4.78, 5) is 16.3. The highest BCUT2D eigenvalue weighted by Gasteiger charge is 2.22. The highest BCUT2D eigenvalue weighted by Crippen LogP contribution is 2.18. The molecule has 4 aromatic rings. The van der Waals surface area contributed by atoms with Gasteiger partial charge in [-0.2, -0.15) is 5.10 Å². The Kier molecular flexibility index (Phi) is 4.92. The van der Waals surface area contributed by atoms with Crippen molar-refractivity contribution in [3.63, 3.8) is 0 Å². The standard InChI is InChI=1S/C20H16FN5O3S/c1-14-10-15(25-9-8-22-13-25)6-7-17(14)20(27)24-30(28,29)16-11-23-26(12-16)19-5-3-2-4-18(19)21/h2-13H,1H3,(H,24,27). The number of amides is 1. The van der Waals surface area contributed by atoms with Crippen molar-refractivity contribution in [1.29, 1.82) is 0 Å². The predicted molar refractivity (Wildman–Crippen MR) is 106 cm³/mol. The van der Waals surface area contributed by atoms with E-state index in [1.807, 2.05) is 4.72 Å². The first-order valence-corrected chi connectivity index (χ1v) is 10.3. The van der Waals surface area contributed by atoms with Gasteiger partial charge in [-0.05, 0) is 42.8 Å². The van der Waals surface area contributed by atoms with E-state index in [9.17, 15) is 17.6 Å². The van der Waals surface area contributed by atoms with Crippen LogP contribution < -0.4 is 4.72 Å². The number of benzene rings is 2. The minimum Gasteiger partial charge on any atom is -0.306 e. The average Bonchev–Trinajstić information content (AvgIpc) is 3.40. The van der Waals surface area contributed by atoms with Gasteiger partial charge in [0.05, 0.1) is 18.7 Å². The van der Waals surface area contributed by atoms with Crippen LogP contribution in [0.15, 0.2) is 78.5 Å². The van der Waals surface area contributed by atoms with Gasteiger partial charge in [0.1, 0.15) is 16.4 Å². The van der Waals surface area contributed by atoms with Crippen molar-refractivity contribution < 1.29 is 17.6 Å². The molecule has 152 valence electrons. The van der Waals surface area contributed by atoms with Crippen LogP contribution in [0.2, 0.25) is 0 Å². The summed E-state index contributed by atoms with van der Waals surface area (Å²) in [7, 11) is -4.20. The molecule has 2 aromatic carbocycles. The van der Waals surface area contributed by atoms with E-state index in [4.69, 9.17) is 0 Å². The van der Waals surface area contributed by atoms with Crippen LogP contribution in [0.1, 0.15) is 15.9 Å². The van der Waals surface area contributed by atoms with Gasteiger partial charge in [0, 0.05) is 23.6 Å². The first-order valence-electron chi connectivity index (χ1n) is 8.81. The van der Waals surface area contributed by atoms with Gasteiger partial charge in [-0.1, -0.05) is 12.1 Å². The fraction of sp³-hybridized carbons (Fsp3) is 0.0500. The molecule has 0 bridgehead atoms. The first kappa shape index (κ1) is 19.5. The number of halogens is 1. The molecule has 2 aromatic heterocycles. The van der Waals surface area contributed by atoms with Gasteiger partial charge in [-0.25, -0.2) is 27.2 Å². The van der Waals surface area contributed by atoms with Crippen molar-refractivity contribution in [2.45, 2.75) is 11.8 Å². The Bertz CT molecular complexity index is 1330. The molecule has 1 amide bonds. The molecule has 0 unspecified atom stereocenters. The number of sulfonamides is 1. The van der Waals surface area contributed by atoms with Crippen molar-refractivity contribution in [3.05, 3.63) is 90.5 Å². The topological polar surface area (TPSA) is 98.9 Å². The number of hydrogen-bond acceptors (Lipinski definition) is 5. The third-order valence-corrected chi connectivity index (χ3v) is 5.74. The normalized spacial score (nSPS) is 11.4. The number of rotatable bonds is 5. The number of carbonyl (C=O) groups excluding carboxylic acids is 1. The maximum absolute atomic E-state index is 13.9. The lowest BCUT2D eigenvalue weighted by Crippen LogP contribution is -2.30. The molecule has 1 N–H and O–H groups in total. The zero-order chi connectivity index (χ0) is 21.3. The van der Waals surface area contributed by atoms with E-state index in [1.54, 1.807) is 48.4 Å². The number of hydrogen-bond donors (Lipinski definition) is 1. The maximum atomic E-state index is 13.9. The quantitative estimate of drug-likeness (QED) is 0.530. The lowest BCUT2D eigenvalue weighted by atomic mass is 10.1. The second kappa shape index (κ2) is 7.56. The van der Waals surface area contributed by atoms with Crippen LogP contribution in [-0.2, 0) is 10.0 Å². The Morgan fingerprint density at radius 3 is 2.67 bits per heavy atom. The SMILES string of the molecule is Cc1cc(-n2ccnc2)ccc1C(=O)NS(=O)(=O)c1cnn(-c2ccccc2F)c1.